The summed E-state index contributed by atoms with van der Waals surface area (Å²) in [6, 6.07) is 8.37. The van der Waals surface area contributed by atoms with Crippen molar-refractivity contribution < 1.29 is 4.74 Å². The minimum Gasteiger partial charge on any atom is -0.497 e. The van der Waals surface area contributed by atoms with Gasteiger partial charge in [-0.15, -0.1) is 0 Å². The molecule has 1 atom stereocenters. The molecule has 0 N–H and O–H groups in total. The van der Waals surface area contributed by atoms with Gasteiger partial charge in [-0.2, -0.15) is 12.6 Å². The fourth-order valence-corrected chi connectivity index (χ4v) is 3.25. The highest BCUT2D eigenvalue weighted by atomic mass is 32.1. The van der Waals surface area contributed by atoms with Gasteiger partial charge in [0.25, 0.3) is 0 Å². The van der Waals surface area contributed by atoms with Crippen molar-refractivity contribution in [2.75, 3.05) is 50.5 Å². The molecule has 118 valence electrons. The lowest BCUT2D eigenvalue weighted by Gasteiger charge is -2.36. The molecule has 1 aliphatic heterocycles. The maximum Gasteiger partial charge on any atom is 0.120 e. The summed E-state index contributed by atoms with van der Waals surface area (Å²) >= 11 is 4.32. The molecule has 1 unspecified atom stereocenters. The lowest BCUT2D eigenvalue weighted by Crippen LogP contribution is -2.46. The third kappa shape index (κ3) is 5.11. The maximum atomic E-state index is 5.31. The average Bonchev–Trinajstić information content (AvgIpc) is 2.54. The van der Waals surface area contributed by atoms with Crippen LogP contribution in [0.4, 0.5) is 5.69 Å². The van der Waals surface area contributed by atoms with Crippen molar-refractivity contribution in [3.05, 3.63) is 24.3 Å². The number of piperazine rings is 1. The van der Waals surface area contributed by atoms with E-state index in [1.165, 1.54) is 25.1 Å². The Morgan fingerprint density at radius 2 is 1.95 bits per heavy atom. The number of hydrogen-bond acceptors (Lipinski definition) is 4. The first kappa shape index (κ1) is 16.5. The predicted molar refractivity (Wildman–Crippen MR) is 93.9 cm³/mol. The molecule has 0 spiro atoms. The molecule has 3 nitrogen and oxygen atoms in total. The molecule has 1 heterocycles. The summed E-state index contributed by atoms with van der Waals surface area (Å²) in [7, 11) is 1.73. The summed E-state index contributed by atoms with van der Waals surface area (Å²) in [4.78, 5) is 5.04. The zero-order valence-corrected chi connectivity index (χ0v) is 14.2. The molecule has 0 radical (unpaired) electrons. The highest BCUT2D eigenvalue weighted by Gasteiger charge is 2.17. The molecule has 0 amide bonds. The smallest absolute Gasteiger partial charge is 0.120 e. The third-order valence-electron chi connectivity index (χ3n) is 4.35. The first-order valence-electron chi connectivity index (χ1n) is 7.95. The second-order valence-electron chi connectivity index (χ2n) is 5.94. The Morgan fingerprint density at radius 3 is 2.62 bits per heavy atom. The van der Waals surface area contributed by atoms with Crippen LogP contribution in [0, 0.1) is 5.92 Å². The van der Waals surface area contributed by atoms with Crippen molar-refractivity contribution in [2.45, 2.75) is 19.8 Å². The monoisotopic (exact) mass is 308 g/mol. The summed E-state index contributed by atoms with van der Waals surface area (Å²) < 4.78 is 5.31. The van der Waals surface area contributed by atoms with Crippen LogP contribution in [-0.2, 0) is 0 Å². The van der Waals surface area contributed by atoms with Crippen LogP contribution >= 0.6 is 12.6 Å². The molecule has 1 aromatic rings. The normalized spacial score (nSPS) is 17.8. The van der Waals surface area contributed by atoms with Crippen molar-refractivity contribution in [3.8, 4) is 5.75 Å². The molecule has 0 aromatic heterocycles. The number of hydrogen-bond donors (Lipinski definition) is 1. The van der Waals surface area contributed by atoms with Crippen molar-refractivity contribution in [3.63, 3.8) is 0 Å². The van der Waals surface area contributed by atoms with E-state index in [1.807, 2.05) is 6.07 Å². The van der Waals surface area contributed by atoms with E-state index >= 15 is 0 Å². The molecule has 1 fully saturated rings. The highest BCUT2D eigenvalue weighted by molar-refractivity contribution is 7.80. The number of benzene rings is 1. The average molecular weight is 308 g/mol. The van der Waals surface area contributed by atoms with Gasteiger partial charge in [-0.3, -0.25) is 4.90 Å². The van der Waals surface area contributed by atoms with Crippen LogP contribution in [0.25, 0.3) is 0 Å². The molecule has 4 heteroatoms. The summed E-state index contributed by atoms with van der Waals surface area (Å²) in [5.74, 6) is 2.74. The van der Waals surface area contributed by atoms with Gasteiger partial charge in [0.2, 0.25) is 0 Å². The molecule has 0 aliphatic carbocycles. The first-order valence-corrected chi connectivity index (χ1v) is 8.58. The Morgan fingerprint density at radius 1 is 1.19 bits per heavy atom. The Hall–Kier alpha value is -0.870. The van der Waals surface area contributed by atoms with E-state index in [2.05, 4.69) is 47.6 Å². The van der Waals surface area contributed by atoms with E-state index in [0.29, 0.717) is 0 Å². The minimum atomic E-state index is 0.791. The second-order valence-corrected chi connectivity index (χ2v) is 6.38. The molecule has 21 heavy (non-hydrogen) atoms. The molecule has 1 aromatic carbocycles. The zero-order valence-electron chi connectivity index (χ0n) is 13.3. The first-order chi connectivity index (χ1) is 10.2. The Bertz CT molecular complexity index is 419. The van der Waals surface area contributed by atoms with Gasteiger partial charge in [-0.25, -0.2) is 0 Å². The van der Waals surface area contributed by atoms with Gasteiger partial charge >= 0.3 is 0 Å². The summed E-state index contributed by atoms with van der Waals surface area (Å²) in [5.41, 5.74) is 1.28. The van der Waals surface area contributed by atoms with Gasteiger partial charge in [0.15, 0.2) is 0 Å². The van der Waals surface area contributed by atoms with Gasteiger partial charge in [0.05, 0.1) is 7.11 Å². The molecular weight excluding hydrogens is 280 g/mol. The fourth-order valence-electron chi connectivity index (χ4n) is 2.80. The Labute approximate surface area is 134 Å². The number of ether oxygens (including phenoxy) is 1. The lowest BCUT2D eigenvalue weighted by molar-refractivity contribution is 0.240. The fraction of sp³-hybridized carbons (Fsp3) is 0.647. The standard InChI is InChI=1S/C17H28N2OS/c1-15(7-13-21)6-8-18-9-11-19(12-10-18)16-4-3-5-17(14-16)20-2/h3-5,14-15,21H,6-13H2,1-2H3. The molecule has 1 saturated heterocycles. The largest absolute Gasteiger partial charge is 0.497 e. The van der Waals surface area contributed by atoms with Crippen LogP contribution in [0.5, 0.6) is 5.75 Å². The van der Waals surface area contributed by atoms with Crippen LogP contribution in [0.1, 0.15) is 19.8 Å². The van der Waals surface area contributed by atoms with Crippen molar-refractivity contribution >= 4 is 18.3 Å². The number of nitrogens with zero attached hydrogens (tertiary/aromatic N) is 2. The van der Waals surface area contributed by atoms with Crippen LogP contribution in [-0.4, -0.2) is 50.5 Å². The third-order valence-corrected chi connectivity index (χ3v) is 4.61. The van der Waals surface area contributed by atoms with Crippen LogP contribution in [0.15, 0.2) is 24.3 Å². The molecule has 0 bridgehead atoms. The van der Waals surface area contributed by atoms with Gasteiger partial charge in [0, 0.05) is 37.9 Å². The van der Waals surface area contributed by atoms with Crippen LogP contribution < -0.4 is 9.64 Å². The number of rotatable bonds is 7. The van der Waals surface area contributed by atoms with Gasteiger partial charge in [-0.1, -0.05) is 13.0 Å². The van der Waals surface area contributed by atoms with E-state index in [4.69, 9.17) is 4.74 Å². The highest BCUT2D eigenvalue weighted by Crippen LogP contribution is 2.22. The Kier molecular flexibility index (Phi) is 6.71. The van der Waals surface area contributed by atoms with E-state index in [9.17, 15) is 0 Å². The molecule has 1 aliphatic rings. The van der Waals surface area contributed by atoms with E-state index in [-0.39, 0.29) is 0 Å². The molecular formula is C17H28N2OS. The quantitative estimate of drug-likeness (QED) is 0.779. The predicted octanol–water partition coefficient (Wildman–Crippen LogP) is 3.16. The van der Waals surface area contributed by atoms with Crippen molar-refractivity contribution in [1.82, 2.24) is 4.90 Å². The van der Waals surface area contributed by atoms with Gasteiger partial charge < -0.3 is 9.64 Å². The Balaban J connectivity index is 1.77. The SMILES string of the molecule is COc1cccc(N2CCN(CCC(C)CCS)CC2)c1. The van der Waals surface area contributed by atoms with Gasteiger partial charge in [0.1, 0.15) is 5.75 Å². The molecule has 0 saturated carbocycles. The van der Waals surface area contributed by atoms with Crippen molar-refractivity contribution in [1.29, 1.82) is 0 Å². The van der Waals surface area contributed by atoms with Crippen LogP contribution in [0.3, 0.4) is 0 Å². The minimum absolute atomic E-state index is 0.791. The molecule has 2 rings (SSSR count). The van der Waals surface area contributed by atoms with Gasteiger partial charge in [-0.05, 0) is 43.2 Å². The van der Waals surface area contributed by atoms with E-state index < -0.39 is 0 Å². The number of thiol groups is 1. The van der Waals surface area contributed by atoms with Crippen molar-refractivity contribution in [2.24, 2.45) is 5.92 Å². The number of methoxy groups -OCH3 is 1. The topological polar surface area (TPSA) is 15.7 Å². The summed E-state index contributed by atoms with van der Waals surface area (Å²) in [5, 5.41) is 0. The summed E-state index contributed by atoms with van der Waals surface area (Å²) in [6.07, 6.45) is 2.52. The number of anilines is 1. The zero-order chi connectivity index (χ0) is 15.1. The summed E-state index contributed by atoms with van der Waals surface area (Å²) in [6.45, 7) is 8.08. The van der Waals surface area contributed by atoms with E-state index in [0.717, 1.165) is 43.6 Å². The maximum absolute atomic E-state index is 5.31. The lowest BCUT2D eigenvalue weighted by atomic mass is 10.0. The van der Waals surface area contributed by atoms with Crippen LogP contribution in [0.2, 0.25) is 0 Å². The second kappa shape index (κ2) is 8.54. The van der Waals surface area contributed by atoms with E-state index in [1.54, 1.807) is 7.11 Å².